The second kappa shape index (κ2) is 13.8. The van der Waals surface area contributed by atoms with Gasteiger partial charge in [-0.2, -0.15) is 0 Å². The molecule has 0 amide bonds. The number of benzene rings is 1. The summed E-state index contributed by atoms with van der Waals surface area (Å²) in [5, 5.41) is 14.1. The molecule has 2 aromatic rings. The third-order valence-corrected chi connectivity index (χ3v) is 15.8. The minimum Gasteiger partial charge on any atom is -0.468 e. The average molecular weight is 834 g/mol. The number of alkyl halides is 2. The molecule has 4 N–H and O–H groups in total. The Hall–Kier alpha value is -4.31. The minimum atomic E-state index is -2.95. The highest BCUT2D eigenvalue weighted by Crippen LogP contribution is 2.70. The molecule has 1 aromatic carbocycles. The first-order valence-corrected chi connectivity index (χ1v) is 21.1. The van der Waals surface area contributed by atoms with E-state index >= 15 is 13.6 Å². The third kappa shape index (κ3) is 5.30. The van der Waals surface area contributed by atoms with Gasteiger partial charge in [0.25, 0.3) is 0 Å². The summed E-state index contributed by atoms with van der Waals surface area (Å²) in [5.74, 6) is -7.03. The van der Waals surface area contributed by atoms with E-state index in [1.807, 2.05) is 49.2 Å². The molecule has 9 rings (SSSR count). The molecule has 1 saturated carbocycles. The van der Waals surface area contributed by atoms with Gasteiger partial charge in [-0.25, -0.2) is 13.6 Å². The van der Waals surface area contributed by atoms with Gasteiger partial charge in [-0.05, 0) is 80.5 Å². The monoisotopic (exact) mass is 833 g/mol. The maximum Gasteiger partial charge on any atom is 0.344 e. The number of esters is 3. The number of hydrogen-bond donors (Lipinski definition) is 3. The van der Waals surface area contributed by atoms with E-state index in [9.17, 15) is 14.7 Å². The van der Waals surface area contributed by atoms with Crippen LogP contribution in [0, 0.1) is 28.6 Å². The number of aliphatic hydroxyl groups is 1. The fourth-order valence-corrected chi connectivity index (χ4v) is 13.7. The van der Waals surface area contributed by atoms with E-state index in [2.05, 4.69) is 20.9 Å². The van der Waals surface area contributed by atoms with Crippen LogP contribution in [0.3, 0.4) is 0 Å². The number of aromatic amines is 1. The van der Waals surface area contributed by atoms with Crippen LogP contribution in [0.15, 0.2) is 53.8 Å². The van der Waals surface area contributed by atoms with Crippen LogP contribution in [-0.2, 0) is 45.3 Å². The van der Waals surface area contributed by atoms with Crippen LogP contribution in [0.1, 0.15) is 57.7 Å². The number of anilines is 1. The zero-order valence-electron chi connectivity index (χ0n) is 35.4. The average Bonchev–Trinajstić information content (AvgIpc) is 3.86. The maximum atomic E-state index is 15.4. The normalized spacial score (nSPS) is 39.3. The first kappa shape index (κ1) is 41.1. The number of nitrogens with one attached hydrogen (secondary N) is 1. The molecule has 4 fully saturated rings. The molecule has 2 bridgehead atoms. The van der Waals surface area contributed by atoms with Gasteiger partial charge in [0.05, 0.1) is 26.4 Å². The summed E-state index contributed by atoms with van der Waals surface area (Å²) in [6, 6.07) is 4.23. The Morgan fingerprint density at radius 1 is 1.08 bits per heavy atom. The molecule has 15 heteroatoms. The molecule has 12 atom stereocenters. The lowest BCUT2D eigenvalue weighted by molar-refractivity contribution is -0.243. The van der Waals surface area contributed by atoms with E-state index in [0.29, 0.717) is 50.4 Å². The van der Waals surface area contributed by atoms with Crippen LogP contribution in [0.2, 0.25) is 0 Å². The lowest BCUT2D eigenvalue weighted by atomic mass is 9.47. The smallest absolute Gasteiger partial charge is 0.344 e. The molecule has 5 aliphatic heterocycles. The van der Waals surface area contributed by atoms with Crippen molar-refractivity contribution in [1.29, 1.82) is 0 Å². The molecule has 60 heavy (non-hydrogen) atoms. The predicted octanol–water partition coefficient (Wildman–Crippen LogP) is 4.30. The zero-order valence-corrected chi connectivity index (χ0v) is 35.4. The number of aromatic nitrogens is 1. The van der Waals surface area contributed by atoms with Crippen LogP contribution in [0.25, 0.3) is 10.9 Å². The van der Waals surface area contributed by atoms with Crippen molar-refractivity contribution >= 4 is 34.5 Å². The SMILES string of the molecule is CC[C@]12C=CCN3CC[C@@]4(C5=CC([C@@]6(C(=O)OC)C[C@H]7CC(C(C)(F)F)CN(Cc8c6[nH]c6ccc(N)cc86)C7)C(OC)C=C5N(C)[C@H]4[C@@](O)(C(=O)OC)[C@@H]1OC(C)=O)[C@@H]32. The molecular formula is C45H57F2N5O8. The van der Waals surface area contributed by atoms with Crippen molar-refractivity contribution in [3.63, 3.8) is 0 Å². The fraction of sp³-hybridized carbons (Fsp3) is 0.622. The fourth-order valence-electron chi connectivity index (χ4n) is 13.7. The van der Waals surface area contributed by atoms with Gasteiger partial charge in [-0.15, -0.1) is 0 Å². The molecule has 13 nitrogen and oxygen atoms in total. The standard InChI is InChI=1S/C45H57F2N5O8/c1-8-42-12-9-14-52-15-13-43(36(42)52)30-18-31(34(57-5)19-33(30)50(4)37(43)45(56,40(55)59-7)38(42)60-24(2)53)44(39(54)58-6)20-25-16-26(41(3,46)47)22-51(21-25)23-29-28-17-27(48)10-11-32(28)49-35(29)44/h9-12,17-19,25-26,31,34,36-38,49,56H,8,13-16,20-23,48H2,1-7H3/t25-,26?,31?,34?,36+,37-,38-,42-,43-,44+,45+/m1/s1. The zero-order chi connectivity index (χ0) is 42.9. The molecule has 0 radical (unpaired) electrons. The molecule has 324 valence electrons. The molecular weight excluding hydrogens is 777 g/mol. The van der Waals surface area contributed by atoms with Crippen molar-refractivity contribution in [1.82, 2.24) is 19.7 Å². The Bertz CT molecular complexity index is 2240. The van der Waals surface area contributed by atoms with E-state index in [-0.39, 0.29) is 31.3 Å². The Morgan fingerprint density at radius 2 is 1.83 bits per heavy atom. The number of hydrogen-bond acceptors (Lipinski definition) is 12. The number of halogens is 2. The number of rotatable bonds is 7. The van der Waals surface area contributed by atoms with Crippen molar-refractivity contribution in [2.24, 2.45) is 28.6 Å². The Labute approximate surface area is 348 Å². The number of H-pyrrole nitrogens is 1. The third-order valence-electron chi connectivity index (χ3n) is 15.8. The maximum absolute atomic E-state index is 15.4. The number of likely N-dealkylation sites (N-methyl/N-ethyl adjacent to an activating group) is 1. The first-order chi connectivity index (χ1) is 28.5. The van der Waals surface area contributed by atoms with Gasteiger partial charge in [0.15, 0.2) is 6.10 Å². The lowest BCUT2D eigenvalue weighted by Gasteiger charge is -2.63. The van der Waals surface area contributed by atoms with E-state index < -0.39 is 75.8 Å². The first-order valence-electron chi connectivity index (χ1n) is 21.1. The van der Waals surface area contributed by atoms with Crippen molar-refractivity contribution in [3.05, 3.63) is 65.0 Å². The highest BCUT2D eigenvalue weighted by atomic mass is 19.3. The minimum absolute atomic E-state index is 0.180. The van der Waals surface area contributed by atoms with Crippen LogP contribution in [0.4, 0.5) is 14.5 Å². The Balaban J connectivity index is 1.33. The van der Waals surface area contributed by atoms with Crippen molar-refractivity contribution in [2.45, 2.75) is 94.2 Å². The highest BCUT2D eigenvalue weighted by Gasteiger charge is 2.81. The second-order valence-electron chi connectivity index (χ2n) is 18.6. The quantitative estimate of drug-likeness (QED) is 0.158. The largest absolute Gasteiger partial charge is 0.468 e. The van der Waals surface area contributed by atoms with Crippen LogP contribution in [0.5, 0.6) is 0 Å². The van der Waals surface area contributed by atoms with Gasteiger partial charge < -0.3 is 39.7 Å². The number of nitrogens with zero attached hydrogens (tertiary/aromatic N) is 3. The molecule has 1 spiro atoms. The number of piperidine rings is 1. The number of fused-ring (bicyclic) bond motifs is 6. The number of allylic oxidation sites excluding steroid dienone is 1. The Morgan fingerprint density at radius 3 is 2.50 bits per heavy atom. The molecule has 1 aromatic heterocycles. The van der Waals surface area contributed by atoms with E-state index in [4.69, 9.17) is 24.7 Å². The van der Waals surface area contributed by atoms with Gasteiger partial charge in [-0.1, -0.05) is 25.2 Å². The van der Waals surface area contributed by atoms with Gasteiger partial charge in [0, 0.05) is 104 Å². The van der Waals surface area contributed by atoms with Crippen molar-refractivity contribution in [2.75, 3.05) is 60.3 Å². The lowest BCUT2D eigenvalue weighted by Crippen LogP contribution is -2.79. The summed E-state index contributed by atoms with van der Waals surface area (Å²) in [4.78, 5) is 52.6. The van der Waals surface area contributed by atoms with Gasteiger partial charge in [0.2, 0.25) is 11.5 Å². The van der Waals surface area contributed by atoms with Gasteiger partial charge in [0.1, 0.15) is 5.41 Å². The van der Waals surface area contributed by atoms with Gasteiger partial charge in [-0.3, -0.25) is 19.4 Å². The molecule has 3 saturated heterocycles. The summed E-state index contributed by atoms with van der Waals surface area (Å²) in [7, 11) is 6.00. The molecule has 4 unspecified atom stereocenters. The number of ether oxygens (including phenoxy) is 4. The van der Waals surface area contributed by atoms with E-state index in [0.717, 1.165) is 34.7 Å². The topological polar surface area (TPSA) is 160 Å². The number of likely N-dealkylation sites (tertiary alicyclic amines) is 1. The van der Waals surface area contributed by atoms with E-state index in [1.165, 1.54) is 21.1 Å². The highest BCUT2D eigenvalue weighted by molar-refractivity contribution is 5.93. The van der Waals surface area contributed by atoms with E-state index in [1.54, 1.807) is 13.2 Å². The summed E-state index contributed by atoms with van der Waals surface area (Å²) in [6.45, 7) is 6.49. The number of carbonyl (C=O) groups excluding carboxylic acids is 3. The molecule has 2 aliphatic carbocycles. The number of carbonyl (C=O) groups is 3. The summed E-state index contributed by atoms with van der Waals surface area (Å²) >= 11 is 0. The van der Waals surface area contributed by atoms with Crippen molar-refractivity contribution in [3.8, 4) is 0 Å². The number of nitrogens with two attached hydrogens (primary N) is 1. The van der Waals surface area contributed by atoms with Crippen LogP contribution >= 0.6 is 0 Å². The molecule has 6 heterocycles. The van der Waals surface area contributed by atoms with Crippen LogP contribution in [-0.4, -0.2) is 133 Å². The summed E-state index contributed by atoms with van der Waals surface area (Å²) < 4.78 is 54.6. The second-order valence-corrected chi connectivity index (χ2v) is 18.6. The van der Waals surface area contributed by atoms with Crippen molar-refractivity contribution < 1.29 is 47.2 Å². The molecule has 7 aliphatic rings. The number of methoxy groups -OCH3 is 3. The Kier molecular flexibility index (Phi) is 9.48. The number of nitrogen functional groups attached to an aromatic ring is 1. The summed E-state index contributed by atoms with van der Waals surface area (Å²) in [6.07, 6.45) is 7.41. The summed E-state index contributed by atoms with van der Waals surface area (Å²) in [5.41, 5.74) is 4.86. The van der Waals surface area contributed by atoms with Crippen LogP contribution < -0.4 is 5.73 Å². The van der Waals surface area contributed by atoms with Gasteiger partial charge >= 0.3 is 17.9 Å². The predicted molar refractivity (Wildman–Crippen MR) is 217 cm³/mol.